The molecule has 1 saturated carbocycles. The second-order valence-electron chi connectivity index (χ2n) is 7.68. The molecule has 0 radical (unpaired) electrons. The van der Waals surface area contributed by atoms with Gasteiger partial charge in [0.2, 0.25) is 12.1 Å². The number of allylic oxidation sites excluding steroid dienone is 3. The van der Waals surface area contributed by atoms with Crippen molar-refractivity contribution in [3.8, 4) is 11.5 Å². The fourth-order valence-corrected chi connectivity index (χ4v) is 4.14. The van der Waals surface area contributed by atoms with Gasteiger partial charge in [-0.25, -0.2) is 0 Å². The van der Waals surface area contributed by atoms with Crippen LogP contribution in [-0.2, 0) is 14.3 Å². The average Bonchev–Trinajstić information content (AvgIpc) is 3.00. The van der Waals surface area contributed by atoms with Crippen LogP contribution in [-0.4, -0.2) is 42.5 Å². The molecule has 0 unspecified atom stereocenters. The smallest absolute Gasteiger partial charge is 0.230 e. The summed E-state index contributed by atoms with van der Waals surface area (Å²) < 4.78 is 16.6. The SMILES string of the molecule is COc1cc(O)c2c(c1)C(=O)C1=C(C2=O)[C@H](OC[C@@H]2C(=O)CC[C@H]2C)OC(C)=C1. The van der Waals surface area contributed by atoms with Crippen molar-refractivity contribution in [1.82, 2.24) is 0 Å². The van der Waals surface area contributed by atoms with Gasteiger partial charge in [-0.15, -0.1) is 0 Å². The van der Waals surface area contributed by atoms with Crippen LogP contribution in [0.5, 0.6) is 11.5 Å². The molecule has 1 heterocycles. The molecule has 152 valence electrons. The topological polar surface area (TPSA) is 99.1 Å². The minimum absolute atomic E-state index is 0.0478. The van der Waals surface area contributed by atoms with Gasteiger partial charge in [0.1, 0.15) is 17.3 Å². The van der Waals surface area contributed by atoms with E-state index in [0.717, 1.165) is 6.42 Å². The second kappa shape index (κ2) is 7.15. The van der Waals surface area contributed by atoms with Crippen molar-refractivity contribution in [3.05, 3.63) is 46.2 Å². The molecule has 0 aromatic heterocycles. The first-order valence-corrected chi connectivity index (χ1v) is 9.55. The molecule has 29 heavy (non-hydrogen) atoms. The van der Waals surface area contributed by atoms with Crippen molar-refractivity contribution in [3.63, 3.8) is 0 Å². The Morgan fingerprint density at radius 2 is 1.97 bits per heavy atom. The molecule has 0 bridgehead atoms. The van der Waals surface area contributed by atoms with Gasteiger partial charge in [-0.2, -0.15) is 0 Å². The normalized spacial score (nSPS) is 26.1. The Kier molecular flexibility index (Phi) is 4.78. The number of aromatic hydroxyl groups is 1. The first-order chi connectivity index (χ1) is 13.8. The van der Waals surface area contributed by atoms with Crippen LogP contribution in [0.25, 0.3) is 0 Å². The van der Waals surface area contributed by atoms with E-state index >= 15 is 0 Å². The molecular weight excluding hydrogens is 376 g/mol. The summed E-state index contributed by atoms with van der Waals surface area (Å²) in [6, 6.07) is 2.72. The Morgan fingerprint density at radius 3 is 2.62 bits per heavy atom. The van der Waals surface area contributed by atoms with E-state index in [0.29, 0.717) is 12.2 Å². The molecule has 1 aliphatic heterocycles. The van der Waals surface area contributed by atoms with Crippen LogP contribution in [0.4, 0.5) is 0 Å². The zero-order valence-electron chi connectivity index (χ0n) is 16.5. The molecule has 1 aromatic carbocycles. The van der Waals surface area contributed by atoms with Gasteiger partial charge >= 0.3 is 0 Å². The molecule has 3 aliphatic rings. The van der Waals surface area contributed by atoms with Crippen LogP contribution in [0, 0.1) is 11.8 Å². The van der Waals surface area contributed by atoms with E-state index in [-0.39, 0.29) is 58.0 Å². The predicted molar refractivity (Wildman–Crippen MR) is 102 cm³/mol. The molecule has 2 aliphatic carbocycles. The molecule has 7 heteroatoms. The zero-order chi connectivity index (χ0) is 20.9. The molecule has 1 aromatic rings. The Labute approximate surface area is 167 Å². The number of hydrogen-bond donors (Lipinski definition) is 1. The van der Waals surface area contributed by atoms with E-state index in [1.807, 2.05) is 6.92 Å². The van der Waals surface area contributed by atoms with Crippen LogP contribution in [0.15, 0.2) is 35.1 Å². The Bertz CT molecular complexity index is 985. The number of methoxy groups -OCH3 is 1. The van der Waals surface area contributed by atoms with Gasteiger partial charge in [0.25, 0.3) is 0 Å². The third-order valence-corrected chi connectivity index (χ3v) is 5.83. The van der Waals surface area contributed by atoms with Crippen LogP contribution >= 0.6 is 0 Å². The van der Waals surface area contributed by atoms with Crippen molar-refractivity contribution < 1.29 is 33.7 Å². The quantitative estimate of drug-likeness (QED) is 0.832. The Morgan fingerprint density at radius 1 is 1.21 bits per heavy atom. The summed E-state index contributed by atoms with van der Waals surface area (Å²) in [5.41, 5.74) is 0.210. The average molecular weight is 398 g/mol. The van der Waals surface area contributed by atoms with Gasteiger partial charge in [-0.05, 0) is 31.4 Å². The van der Waals surface area contributed by atoms with Crippen molar-refractivity contribution in [2.24, 2.45) is 11.8 Å². The highest BCUT2D eigenvalue weighted by atomic mass is 16.7. The van der Waals surface area contributed by atoms with Gasteiger partial charge < -0.3 is 19.3 Å². The molecule has 4 rings (SSSR count). The number of carbonyl (C=O) groups excluding carboxylic acids is 3. The first kappa shape index (κ1) is 19.4. The third-order valence-electron chi connectivity index (χ3n) is 5.83. The van der Waals surface area contributed by atoms with Gasteiger partial charge in [0.05, 0.1) is 30.6 Å². The van der Waals surface area contributed by atoms with Crippen molar-refractivity contribution in [1.29, 1.82) is 0 Å². The highest BCUT2D eigenvalue weighted by Gasteiger charge is 2.42. The summed E-state index contributed by atoms with van der Waals surface area (Å²) in [5, 5.41) is 10.3. The summed E-state index contributed by atoms with van der Waals surface area (Å²) in [5.74, 6) is -0.508. The minimum atomic E-state index is -1.11. The summed E-state index contributed by atoms with van der Waals surface area (Å²) in [6.45, 7) is 3.77. The Hall–Kier alpha value is -2.93. The van der Waals surface area contributed by atoms with E-state index in [9.17, 15) is 19.5 Å². The zero-order valence-corrected chi connectivity index (χ0v) is 16.5. The second-order valence-corrected chi connectivity index (χ2v) is 7.68. The number of fused-ring (bicyclic) bond motifs is 1. The number of ketones is 3. The lowest BCUT2D eigenvalue weighted by Gasteiger charge is -2.31. The van der Waals surface area contributed by atoms with Gasteiger partial charge in [0, 0.05) is 29.5 Å². The summed E-state index contributed by atoms with van der Waals surface area (Å²) >= 11 is 0. The molecule has 7 nitrogen and oxygen atoms in total. The third kappa shape index (κ3) is 3.15. The standard InChI is InChI=1S/C22H22O7/c1-10-4-5-16(23)15(10)9-28-22-19-13(6-11(2)29-22)20(25)14-7-12(27-3)8-17(24)18(14)21(19)26/h6-8,10,15,22,24H,4-5,9H2,1-3H3/t10-,15+,22-/m1/s1. The van der Waals surface area contributed by atoms with E-state index in [1.165, 1.54) is 25.3 Å². The largest absolute Gasteiger partial charge is 0.507 e. The Balaban J connectivity index is 1.70. The van der Waals surface area contributed by atoms with Gasteiger partial charge in [-0.3, -0.25) is 14.4 Å². The highest BCUT2D eigenvalue weighted by molar-refractivity contribution is 6.29. The molecular formula is C22H22O7. The van der Waals surface area contributed by atoms with Gasteiger partial charge in [-0.1, -0.05) is 6.92 Å². The number of ether oxygens (including phenoxy) is 3. The minimum Gasteiger partial charge on any atom is -0.507 e. The van der Waals surface area contributed by atoms with Crippen LogP contribution in [0.1, 0.15) is 47.4 Å². The van der Waals surface area contributed by atoms with Crippen molar-refractivity contribution >= 4 is 17.3 Å². The first-order valence-electron chi connectivity index (χ1n) is 9.55. The van der Waals surface area contributed by atoms with Crippen LogP contribution in [0.3, 0.4) is 0 Å². The maximum absolute atomic E-state index is 13.2. The summed E-state index contributed by atoms with van der Waals surface area (Å²) in [7, 11) is 1.41. The lowest BCUT2D eigenvalue weighted by molar-refractivity contribution is -0.131. The van der Waals surface area contributed by atoms with E-state index in [4.69, 9.17) is 14.2 Å². The maximum atomic E-state index is 13.2. The number of hydrogen-bond acceptors (Lipinski definition) is 7. The lowest BCUT2D eigenvalue weighted by Crippen LogP contribution is -2.35. The number of phenols is 1. The predicted octanol–water partition coefficient (Wildman–Crippen LogP) is 2.97. The number of phenolic OH excluding ortho intramolecular Hbond substituents is 1. The van der Waals surface area contributed by atoms with Gasteiger partial charge in [0.15, 0.2) is 5.78 Å². The fraction of sp³-hybridized carbons (Fsp3) is 0.409. The number of benzene rings is 1. The molecule has 1 N–H and O–H groups in total. The summed E-state index contributed by atoms with van der Waals surface area (Å²) in [4.78, 5) is 38.4. The van der Waals surface area contributed by atoms with Crippen molar-refractivity contribution in [2.75, 3.05) is 13.7 Å². The number of carbonyl (C=O) groups is 3. The number of Topliss-reactive ketones (excluding diaryl/α,β-unsaturated/α-hetero) is 3. The van der Waals surface area contributed by atoms with E-state index < -0.39 is 17.9 Å². The van der Waals surface area contributed by atoms with E-state index in [2.05, 4.69) is 0 Å². The maximum Gasteiger partial charge on any atom is 0.230 e. The highest BCUT2D eigenvalue weighted by Crippen LogP contribution is 2.40. The van der Waals surface area contributed by atoms with Crippen molar-refractivity contribution in [2.45, 2.75) is 33.0 Å². The molecule has 1 fully saturated rings. The molecule has 0 saturated heterocycles. The lowest BCUT2D eigenvalue weighted by atomic mass is 9.82. The van der Waals surface area contributed by atoms with Crippen LogP contribution < -0.4 is 4.74 Å². The number of rotatable bonds is 4. The molecule has 0 spiro atoms. The fourth-order valence-electron chi connectivity index (χ4n) is 4.14. The monoisotopic (exact) mass is 398 g/mol. The molecule has 0 amide bonds. The summed E-state index contributed by atoms with van der Waals surface area (Å²) in [6.07, 6.45) is 1.72. The molecule has 3 atom stereocenters. The van der Waals surface area contributed by atoms with Crippen LogP contribution in [0.2, 0.25) is 0 Å². The van der Waals surface area contributed by atoms with E-state index in [1.54, 1.807) is 6.92 Å².